The second-order valence-electron chi connectivity index (χ2n) is 3.74. The quantitative estimate of drug-likeness (QED) is 0.660. The third-order valence-corrected chi connectivity index (χ3v) is 3.21. The zero-order valence-corrected chi connectivity index (χ0v) is 6.46. The number of carboxylic acid groups (broad SMARTS) is 1. The number of rotatable bonds is 1. The molecular weight excluding hydrogens is 166 g/mol. The third-order valence-electron chi connectivity index (χ3n) is 3.21. The predicted octanol–water partition coefficient (Wildman–Crippen LogP) is 1.75. The molecule has 0 unspecified atom stereocenters. The number of hydrogen-bond donors (Lipinski definition) is 1. The molecule has 2 rings (SSSR count). The number of fused-ring (bicyclic) bond motifs is 2. The van der Waals surface area contributed by atoms with Crippen molar-refractivity contribution in [2.75, 3.05) is 0 Å². The molecule has 3 atom stereocenters. The molecule has 0 aromatic rings. The zero-order valence-electron chi connectivity index (χ0n) is 6.46. The summed E-state index contributed by atoms with van der Waals surface area (Å²) in [6.45, 7) is 0. The largest absolute Gasteiger partial charge is 0.481 e. The van der Waals surface area contributed by atoms with Gasteiger partial charge in [0.2, 0.25) is 0 Å². The van der Waals surface area contributed by atoms with Gasteiger partial charge in [-0.2, -0.15) is 0 Å². The molecule has 68 valence electrons. The first-order valence-corrected chi connectivity index (χ1v) is 4.14. The van der Waals surface area contributed by atoms with Crippen molar-refractivity contribution in [3.63, 3.8) is 0 Å². The fraction of sp³-hybridized carbons (Fsp3) is 0.875. The molecule has 4 heteroatoms. The lowest BCUT2D eigenvalue weighted by atomic mass is 9.89. The highest BCUT2D eigenvalue weighted by molar-refractivity contribution is 5.71. The number of alkyl halides is 2. The molecule has 2 aliphatic carbocycles. The van der Waals surface area contributed by atoms with Gasteiger partial charge in [0.25, 0.3) is 5.92 Å². The molecule has 0 saturated heterocycles. The molecule has 0 aromatic heterocycles. The van der Waals surface area contributed by atoms with E-state index < -0.39 is 29.6 Å². The summed E-state index contributed by atoms with van der Waals surface area (Å²) >= 11 is 0. The Bertz CT molecular complexity index is 227. The van der Waals surface area contributed by atoms with E-state index in [1.165, 1.54) is 0 Å². The van der Waals surface area contributed by atoms with Crippen LogP contribution in [0.3, 0.4) is 0 Å². The van der Waals surface area contributed by atoms with Crippen molar-refractivity contribution in [3.8, 4) is 0 Å². The molecule has 0 radical (unpaired) electrons. The Labute approximate surface area is 68.6 Å². The minimum Gasteiger partial charge on any atom is -0.481 e. The standard InChI is InChI=1S/C8H10F2O2/c9-8(10)4-1-2-6(8)5(3-4)7(11)12/h4-6H,1-3H2,(H,11,12)/t4-,5-,6-/m1/s1. The van der Waals surface area contributed by atoms with Gasteiger partial charge >= 0.3 is 5.97 Å². The zero-order chi connectivity index (χ0) is 8.93. The second kappa shape index (κ2) is 2.18. The van der Waals surface area contributed by atoms with Crippen molar-refractivity contribution < 1.29 is 18.7 Å². The van der Waals surface area contributed by atoms with Gasteiger partial charge in [-0.3, -0.25) is 4.79 Å². The van der Waals surface area contributed by atoms with Crippen LogP contribution in [0.25, 0.3) is 0 Å². The van der Waals surface area contributed by atoms with E-state index in [-0.39, 0.29) is 6.42 Å². The highest BCUT2D eigenvalue weighted by atomic mass is 19.3. The predicted molar refractivity (Wildman–Crippen MR) is 36.9 cm³/mol. The Morgan fingerprint density at radius 2 is 2.08 bits per heavy atom. The van der Waals surface area contributed by atoms with E-state index in [9.17, 15) is 13.6 Å². The normalized spacial score (nSPS) is 43.3. The fourth-order valence-corrected chi connectivity index (χ4v) is 2.56. The molecule has 2 fully saturated rings. The molecule has 0 heterocycles. The highest BCUT2D eigenvalue weighted by Crippen LogP contribution is 2.58. The lowest BCUT2D eigenvalue weighted by molar-refractivity contribution is -0.145. The van der Waals surface area contributed by atoms with Crippen LogP contribution in [0.4, 0.5) is 8.78 Å². The van der Waals surface area contributed by atoms with Crippen LogP contribution in [-0.2, 0) is 4.79 Å². The van der Waals surface area contributed by atoms with Gasteiger partial charge in [0.05, 0.1) is 5.92 Å². The van der Waals surface area contributed by atoms with Crippen molar-refractivity contribution >= 4 is 5.97 Å². The van der Waals surface area contributed by atoms with Crippen molar-refractivity contribution in [2.45, 2.75) is 25.2 Å². The van der Waals surface area contributed by atoms with Crippen LogP contribution in [-0.4, -0.2) is 17.0 Å². The van der Waals surface area contributed by atoms with Gasteiger partial charge in [-0.1, -0.05) is 0 Å². The van der Waals surface area contributed by atoms with Crippen LogP contribution in [0.15, 0.2) is 0 Å². The summed E-state index contributed by atoms with van der Waals surface area (Å²) in [6.07, 6.45) is 1.06. The number of hydrogen-bond acceptors (Lipinski definition) is 1. The molecule has 0 amide bonds. The van der Waals surface area contributed by atoms with Crippen LogP contribution in [0.2, 0.25) is 0 Å². The molecule has 2 bridgehead atoms. The Morgan fingerprint density at radius 3 is 2.33 bits per heavy atom. The number of carbonyl (C=O) groups is 1. The van der Waals surface area contributed by atoms with E-state index in [2.05, 4.69) is 0 Å². The average molecular weight is 176 g/mol. The molecular formula is C8H10F2O2. The summed E-state index contributed by atoms with van der Waals surface area (Å²) in [6, 6.07) is 0. The summed E-state index contributed by atoms with van der Waals surface area (Å²) in [5.41, 5.74) is 0. The van der Waals surface area contributed by atoms with Crippen molar-refractivity contribution in [1.29, 1.82) is 0 Å². The maximum atomic E-state index is 13.1. The minimum atomic E-state index is -2.71. The van der Waals surface area contributed by atoms with Gasteiger partial charge in [-0.25, -0.2) is 8.78 Å². The first kappa shape index (κ1) is 7.95. The minimum absolute atomic E-state index is 0.174. The van der Waals surface area contributed by atoms with Crippen molar-refractivity contribution in [3.05, 3.63) is 0 Å². The van der Waals surface area contributed by atoms with Crippen LogP contribution < -0.4 is 0 Å². The van der Waals surface area contributed by atoms with Crippen LogP contribution in [0.1, 0.15) is 19.3 Å². The lowest BCUT2D eigenvalue weighted by Crippen LogP contribution is -2.27. The maximum Gasteiger partial charge on any atom is 0.307 e. The summed E-state index contributed by atoms with van der Waals surface area (Å²) < 4.78 is 26.3. The number of halogens is 2. The van der Waals surface area contributed by atoms with Crippen molar-refractivity contribution in [1.82, 2.24) is 0 Å². The topological polar surface area (TPSA) is 37.3 Å². The first-order chi connectivity index (χ1) is 5.53. The SMILES string of the molecule is O=C(O)[C@@H]1C[C@H]2CC[C@H]1C2(F)F. The lowest BCUT2D eigenvalue weighted by Gasteiger charge is -2.16. The molecule has 0 spiro atoms. The summed E-state index contributed by atoms with van der Waals surface area (Å²) in [5.74, 6) is -6.10. The van der Waals surface area contributed by atoms with Crippen LogP contribution in [0.5, 0.6) is 0 Å². The van der Waals surface area contributed by atoms with Gasteiger partial charge in [-0.05, 0) is 19.3 Å². The molecule has 2 aliphatic rings. The Kier molecular flexibility index (Phi) is 1.44. The van der Waals surface area contributed by atoms with Gasteiger partial charge < -0.3 is 5.11 Å². The Morgan fingerprint density at radius 1 is 1.42 bits per heavy atom. The van der Waals surface area contributed by atoms with Crippen LogP contribution in [0, 0.1) is 17.8 Å². The van der Waals surface area contributed by atoms with Crippen molar-refractivity contribution in [2.24, 2.45) is 17.8 Å². The van der Waals surface area contributed by atoms with E-state index in [4.69, 9.17) is 5.11 Å². The summed E-state index contributed by atoms with van der Waals surface area (Å²) in [4.78, 5) is 10.5. The molecule has 2 nitrogen and oxygen atoms in total. The maximum absolute atomic E-state index is 13.1. The van der Waals surface area contributed by atoms with Gasteiger partial charge in [0, 0.05) is 11.8 Å². The van der Waals surface area contributed by atoms with Gasteiger partial charge in [0.15, 0.2) is 0 Å². The molecule has 1 N–H and O–H groups in total. The smallest absolute Gasteiger partial charge is 0.307 e. The van der Waals surface area contributed by atoms with Gasteiger partial charge in [0.1, 0.15) is 0 Å². The van der Waals surface area contributed by atoms with Crippen LogP contribution >= 0.6 is 0 Å². The Balaban J connectivity index is 2.24. The number of aliphatic carboxylic acids is 1. The molecule has 0 aliphatic heterocycles. The average Bonchev–Trinajstić information content (AvgIpc) is 2.40. The molecule has 0 aromatic carbocycles. The summed E-state index contributed by atoms with van der Waals surface area (Å²) in [5, 5.41) is 8.63. The molecule has 12 heavy (non-hydrogen) atoms. The monoisotopic (exact) mass is 176 g/mol. The molecule has 2 saturated carbocycles. The number of carboxylic acids is 1. The first-order valence-electron chi connectivity index (χ1n) is 4.14. The fourth-order valence-electron chi connectivity index (χ4n) is 2.56. The van der Waals surface area contributed by atoms with E-state index in [0.29, 0.717) is 12.8 Å². The Hall–Kier alpha value is -0.670. The van der Waals surface area contributed by atoms with E-state index in [1.807, 2.05) is 0 Å². The van der Waals surface area contributed by atoms with E-state index in [0.717, 1.165) is 0 Å². The van der Waals surface area contributed by atoms with E-state index >= 15 is 0 Å². The summed E-state index contributed by atoms with van der Waals surface area (Å²) in [7, 11) is 0. The highest BCUT2D eigenvalue weighted by Gasteiger charge is 2.62. The second-order valence-corrected chi connectivity index (χ2v) is 3.74. The van der Waals surface area contributed by atoms with Gasteiger partial charge in [-0.15, -0.1) is 0 Å². The third kappa shape index (κ3) is 0.807. The van der Waals surface area contributed by atoms with E-state index in [1.54, 1.807) is 0 Å².